The molecule has 5 aromatic rings. The fourth-order valence-electron chi connectivity index (χ4n) is 3.85. The lowest BCUT2D eigenvalue weighted by molar-refractivity contribution is 0.683. The van der Waals surface area contributed by atoms with Crippen LogP contribution in [0.4, 0.5) is 0 Å². The van der Waals surface area contributed by atoms with E-state index in [1.807, 2.05) is 41.0 Å². The van der Waals surface area contributed by atoms with Gasteiger partial charge in [0.15, 0.2) is 15.9 Å². The summed E-state index contributed by atoms with van der Waals surface area (Å²) in [7, 11) is 3.09. The third-order valence-electron chi connectivity index (χ3n) is 5.29. The third kappa shape index (κ3) is 2.56. The molecule has 3 aromatic heterocycles. The summed E-state index contributed by atoms with van der Waals surface area (Å²) in [6.07, 6.45) is 0. The summed E-state index contributed by atoms with van der Waals surface area (Å²) in [5.74, 6) is 0. The molecule has 3 heterocycles. The number of hydrogen-bond donors (Lipinski definition) is 0. The van der Waals surface area contributed by atoms with Crippen LogP contribution in [0, 0.1) is 0 Å². The predicted octanol–water partition coefficient (Wildman–Crippen LogP) is 2.95. The Kier molecular flexibility index (Phi) is 3.92. The van der Waals surface area contributed by atoms with Crippen molar-refractivity contribution in [2.45, 2.75) is 6.54 Å². The van der Waals surface area contributed by atoms with Crippen molar-refractivity contribution in [3.8, 4) is 0 Å². The van der Waals surface area contributed by atoms with Crippen LogP contribution < -0.4 is 11.2 Å². The predicted molar refractivity (Wildman–Crippen MR) is 116 cm³/mol. The van der Waals surface area contributed by atoms with Gasteiger partial charge in [-0.25, -0.2) is 9.78 Å². The molecule has 0 saturated heterocycles. The van der Waals surface area contributed by atoms with Crippen LogP contribution in [0.15, 0.2) is 62.9 Å². The van der Waals surface area contributed by atoms with E-state index >= 15 is 0 Å². The van der Waals surface area contributed by atoms with E-state index < -0.39 is 11.2 Å². The first-order valence-electron chi connectivity index (χ1n) is 9.05. The molecule has 0 atom stereocenters. The van der Waals surface area contributed by atoms with Crippen LogP contribution in [0.1, 0.15) is 5.69 Å². The summed E-state index contributed by atoms with van der Waals surface area (Å²) in [6, 6.07) is 16.1. The monoisotopic (exact) mass is 449 g/mol. The number of fused-ring (bicyclic) bond motifs is 4. The number of rotatable bonds is 2. The summed E-state index contributed by atoms with van der Waals surface area (Å²) in [5.41, 5.74) is 1.63. The lowest BCUT2D eigenvalue weighted by Crippen LogP contribution is -2.37. The third-order valence-corrected chi connectivity index (χ3v) is 5.89. The number of hydrogen-bond acceptors (Lipinski definition) is 4. The molecule has 2 aromatic carbocycles. The molecule has 8 heteroatoms. The lowest BCUT2D eigenvalue weighted by atomic mass is 10.0. The van der Waals surface area contributed by atoms with Gasteiger partial charge in [-0.2, -0.15) is 0 Å². The summed E-state index contributed by atoms with van der Waals surface area (Å²) in [5, 5.41) is 3.22. The highest BCUT2D eigenvalue weighted by molar-refractivity contribution is 9.10. The number of aromatic nitrogens is 5. The standard InChI is InChI=1S/C21H16BrN5O2/c1-25-18-17(19(28)26(2)21(25)29)24-20(22)27(18)11-16-14-9-4-3-7-12(14)13-8-5-6-10-15(13)23-16/h3-10H,11H2,1-2H3. The van der Waals surface area contributed by atoms with Gasteiger partial charge in [-0.3, -0.25) is 23.5 Å². The fraction of sp³-hybridized carbons (Fsp3) is 0.143. The number of pyridine rings is 1. The van der Waals surface area contributed by atoms with Gasteiger partial charge in [-0.05, 0) is 27.4 Å². The second-order valence-electron chi connectivity index (χ2n) is 6.97. The van der Waals surface area contributed by atoms with Gasteiger partial charge in [0, 0.05) is 24.9 Å². The van der Waals surface area contributed by atoms with E-state index in [4.69, 9.17) is 4.98 Å². The highest BCUT2D eigenvalue weighted by Crippen LogP contribution is 2.28. The van der Waals surface area contributed by atoms with Crippen LogP contribution in [0.25, 0.3) is 32.8 Å². The molecule has 0 N–H and O–H groups in total. The molecule has 29 heavy (non-hydrogen) atoms. The summed E-state index contributed by atoms with van der Waals surface area (Å²) >= 11 is 3.46. The van der Waals surface area contributed by atoms with Gasteiger partial charge in [0.05, 0.1) is 17.8 Å². The molecule has 0 aliphatic rings. The Hall–Kier alpha value is -3.26. The van der Waals surface area contributed by atoms with Crippen molar-refractivity contribution in [3.05, 3.63) is 79.8 Å². The van der Waals surface area contributed by atoms with E-state index in [9.17, 15) is 9.59 Å². The largest absolute Gasteiger partial charge is 0.332 e. The topological polar surface area (TPSA) is 74.7 Å². The minimum absolute atomic E-state index is 0.242. The number of benzene rings is 2. The van der Waals surface area contributed by atoms with Crippen LogP contribution in [-0.4, -0.2) is 23.7 Å². The van der Waals surface area contributed by atoms with Crippen molar-refractivity contribution < 1.29 is 0 Å². The van der Waals surface area contributed by atoms with Gasteiger partial charge < -0.3 is 0 Å². The molecule has 0 radical (unpaired) electrons. The first-order valence-corrected chi connectivity index (χ1v) is 9.85. The SMILES string of the molecule is Cn1c(=O)c2nc(Br)n(Cc3nc4ccccc4c4ccccc34)c2n(C)c1=O. The maximum Gasteiger partial charge on any atom is 0.332 e. The molecule has 5 rings (SSSR count). The smallest absolute Gasteiger partial charge is 0.298 e. The Labute approximate surface area is 173 Å². The van der Waals surface area contributed by atoms with Crippen molar-refractivity contribution in [1.82, 2.24) is 23.7 Å². The molecule has 7 nitrogen and oxygen atoms in total. The number of para-hydroxylation sites is 1. The van der Waals surface area contributed by atoms with Gasteiger partial charge in [0.1, 0.15) is 0 Å². The zero-order valence-electron chi connectivity index (χ0n) is 15.8. The number of aryl methyl sites for hydroxylation is 1. The molecular weight excluding hydrogens is 434 g/mol. The first kappa shape index (κ1) is 17.8. The van der Waals surface area contributed by atoms with Crippen LogP contribution in [0.3, 0.4) is 0 Å². The molecule has 0 aliphatic heterocycles. The minimum Gasteiger partial charge on any atom is -0.298 e. The van der Waals surface area contributed by atoms with Gasteiger partial charge in [0.2, 0.25) is 0 Å². The number of imidazole rings is 1. The quantitative estimate of drug-likeness (QED) is 0.306. The van der Waals surface area contributed by atoms with Crippen LogP contribution >= 0.6 is 15.9 Å². The van der Waals surface area contributed by atoms with Crippen molar-refractivity contribution in [1.29, 1.82) is 0 Å². The minimum atomic E-state index is -0.418. The molecule has 0 saturated carbocycles. The van der Waals surface area contributed by atoms with E-state index in [-0.39, 0.29) is 5.52 Å². The van der Waals surface area contributed by atoms with Crippen molar-refractivity contribution >= 4 is 48.8 Å². The number of nitrogens with zero attached hydrogens (tertiary/aromatic N) is 5. The highest BCUT2D eigenvalue weighted by Gasteiger charge is 2.19. The molecule has 144 valence electrons. The Morgan fingerprint density at radius 3 is 2.28 bits per heavy atom. The van der Waals surface area contributed by atoms with Crippen molar-refractivity contribution in [2.75, 3.05) is 0 Å². The van der Waals surface area contributed by atoms with E-state index in [0.29, 0.717) is 16.9 Å². The normalized spacial score (nSPS) is 11.7. The number of halogens is 1. The zero-order chi connectivity index (χ0) is 20.3. The van der Waals surface area contributed by atoms with Gasteiger partial charge in [-0.15, -0.1) is 0 Å². The van der Waals surface area contributed by atoms with E-state index in [1.54, 1.807) is 7.05 Å². The molecular formula is C21H16BrN5O2. The average Bonchev–Trinajstić information content (AvgIpc) is 3.07. The second-order valence-corrected chi connectivity index (χ2v) is 7.68. The summed E-state index contributed by atoms with van der Waals surface area (Å²) in [6.45, 7) is 0.364. The zero-order valence-corrected chi connectivity index (χ0v) is 17.3. The van der Waals surface area contributed by atoms with Gasteiger partial charge in [0.25, 0.3) is 5.56 Å². The van der Waals surface area contributed by atoms with Crippen molar-refractivity contribution in [3.63, 3.8) is 0 Å². The maximum absolute atomic E-state index is 12.5. The van der Waals surface area contributed by atoms with E-state index in [1.165, 1.54) is 11.6 Å². The Morgan fingerprint density at radius 1 is 0.862 bits per heavy atom. The fourth-order valence-corrected chi connectivity index (χ4v) is 4.32. The molecule has 0 unspecified atom stereocenters. The molecule has 0 fully saturated rings. The van der Waals surface area contributed by atoms with Crippen LogP contribution in [0.5, 0.6) is 0 Å². The first-order chi connectivity index (χ1) is 14.0. The average molecular weight is 450 g/mol. The Balaban J connectivity index is 1.83. The van der Waals surface area contributed by atoms with Crippen LogP contribution in [0.2, 0.25) is 0 Å². The van der Waals surface area contributed by atoms with Gasteiger partial charge >= 0.3 is 5.69 Å². The molecule has 0 spiro atoms. The van der Waals surface area contributed by atoms with Crippen LogP contribution in [-0.2, 0) is 20.6 Å². The Bertz CT molecular complexity index is 1560. The Morgan fingerprint density at radius 2 is 1.52 bits per heavy atom. The maximum atomic E-state index is 12.5. The molecule has 0 amide bonds. The highest BCUT2D eigenvalue weighted by atomic mass is 79.9. The van der Waals surface area contributed by atoms with E-state index in [2.05, 4.69) is 33.0 Å². The lowest BCUT2D eigenvalue weighted by Gasteiger charge is -2.13. The molecule has 0 bridgehead atoms. The second kappa shape index (κ2) is 6.38. The molecule has 0 aliphatic carbocycles. The summed E-state index contributed by atoms with van der Waals surface area (Å²) in [4.78, 5) is 34.3. The van der Waals surface area contributed by atoms with Gasteiger partial charge in [-0.1, -0.05) is 42.5 Å². The summed E-state index contributed by atoms with van der Waals surface area (Å²) < 4.78 is 4.79. The van der Waals surface area contributed by atoms with Crippen molar-refractivity contribution in [2.24, 2.45) is 14.1 Å². The van der Waals surface area contributed by atoms with E-state index in [0.717, 1.165) is 31.9 Å².